The molecule has 3 nitrogen and oxygen atoms in total. The van der Waals surface area contributed by atoms with Crippen molar-refractivity contribution in [3.63, 3.8) is 0 Å². The highest BCUT2D eigenvalue weighted by molar-refractivity contribution is 9.11. The van der Waals surface area contributed by atoms with Gasteiger partial charge in [-0.3, -0.25) is 4.79 Å². The summed E-state index contributed by atoms with van der Waals surface area (Å²) in [5.74, 6) is -0.107. The molecule has 0 spiro atoms. The Morgan fingerprint density at radius 3 is 2.38 bits per heavy atom. The molecule has 0 saturated carbocycles. The van der Waals surface area contributed by atoms with E-state index in [9.17, 15) is 4.79 Å². The number of nitrogens with one attached hydrogen (secondary N) is 2. The summed E-state index contributed by atoms with van der Waals surface area (Å²) in [4.78, 5) is 13.2. The summed E-state index contributed by atoms with van der Waals surface area (Å²) in [6, 6.07) is 19.6. The van der Waals surface area contributed by atoms with Crippen LogP contribution in [0.2, 0.25) is 0 Å². The number of benzene rings is 2. The number of halogens is 1. The normalized spacial score (nSPS) is 9.85. The molecule has 0 aliphatic heterocycles. The Bertz CT molecular complexity index is 850. The topological polar surface area (TPSA) is 41.1 Å². The van der Waals surface area contributed by atoms with Gasteiger partial charge < -0.3 is 10.0 Å². The van der Waals surface area contributed by atoms with E-state index in [4.69, 9.17) is 0 Å². The molecule has 3 rings (SSSR count). The molecule has 6 heteroatoms. The van der Waals surface area contributed by atoms with Crippen LogP contribution in [0.15, 0.2) is 64.5 Å². The van der Waals surface area contributed by atoms with Gasteiger partial charge in [0, 0.05) is 23.2 Å². The highest BCUT2D eigenvalue weighted by atomic mass is 79.9. The third-order valence-corrected chi connectivity index (χ3v) is 5.61. The third kappa shape index (κ3) is 5.37. The van der Waals surface area contributed by atoms with Crippen molar-refractivity contribution >= 4 is 56.5 Å². The Balaban J connectivity index is 0.00000117. The summed E-state index contributed by atoms with van der Waals surface area (Å²) >= 11 is 6.52. The van der Waals surface area contributed by atoms with E-state index < -0.39 is 0 Å². The van der Waals surface area contributed by atoms with Crippen LogP contribution in [-0.4, -0.2) is 12.2 Å². The first-order valence-electron chi connectivity index (χ1n) is 8.22. The quantitative estimate of drug-likeness (QED) is 0.407. The second kappa shape index (κ2) is 10.4. The molecule has 0 radical (unpaired) electrons. The summed E-state index contributed by atoms with van der Waals surface area (Å²) in [6.07, 6.45) is 1.96. The zero-order valence-electron chi connectivity index (χ0n) is 14.9. The van der Waals surface area contributed by atoms with Gasteiger partial charge in [0.1, 0.15) is 0 Å². The van der Waals surface area contributed by atoms with Crippen molar-refractivity contribution in [2.75, 3.05) is 16.3 Å². The van der Waals surface area contributed by atoms with Crippen molar-refractivity contribution in [2.24, 2.45) is 0 Å². The summed E-state index contributed by atoms with van der Waals surface area (Å²) in [5, 5.41) is 2.95. The average Bonchev–Trinajstić information content (AvgIpc) is 3.07. The van der Waals surface area contributed by atoms with Gasteiger partial charge in [0.25, 0.3) is 5.91 Å². The van der Waals surface area contributed by atoms with Crippen LogP contribution in [0.1, 0.15) is 23.5 Å². The lowest BCUT2D eigenvalue weighted by atomic mass is 10.1. The number of amides is 1. The molecule has 0 fully saturated rings. The first kappa shape index (κ1) is 20.6. The third-order valence-electron chi connectivity index (χ3n) is 3.34. The summed E-state index contributed by atoms with van der Waals surface area (Å²) in [7, 11) is 0. The van der Waals surface area contributed by atoms with Crippen LogP contribution in [0.5, 0.6) is 0 Å². The molecule has 2 N–H and O–H groups in total. The second-order valence-corrected chi connectivity index (χ2v) is 7.99. The second-order valence-electron chi connectivity index (χ2n) is 5.01. The number of carbonyl (C=O) groups is 1. The summed E-state index contributed by atoms with van der Waals surface area (Å²) < 4.78 is 4.11. The molecule has 26 heavy (non-hydrogen) atoms. The Morgan fingerprint density at radius 2 is 1.69 bits per heavy atom. The van der Waals surface area contributed by atoms with E-state index >= 15 is 0 Å². The number of hydrogen-bond donors (Lipinski definition) is 2. The van der Waals surface area contributed by atoms with Gasteiger partial charge in [0.2, 0.25) is 0 Å². The van der Waals surface area contributed by atoms with Gasteiger partial charge in [0.05, 0.1) is 8.66 Å². The van der Waals surface area contributed by atoms with E-state index in [1.165, 1.54) is 23.3 Å². The van der Waals surface area contributed by atoms with Gasteiger partial charge in [-0.25, -0.2) is 0 Å². The summed E-state index contributed by atoms with van der Waals surface area (Å²) in [5.41, 5.74) is 3.84. The molecule has 136 valence electrons. The highest BCUT2D eigenvalue weighted by Crippen LogP contribution is 2.36. The lowest BCUT2D eigenvalue weighted by Crippen LogP contribution is -2.10. The molecule has 0 aliphatic carbocycles. The van der Waals surface area contributed by atoms with Crippen LogP contribution in [0.25, 0.3) is 11.1 Å². The van der Waals surface area contributed by atoms with Crippen molar-refractivity contribution < 1.29 is 4.79 Å². The van der Waals surface area contributed by atoms with Crippen LogP contribution in [-0.2, 0) is 0 Å². The van der Waals surface area contributed by atoms with Crippen molar-refractivity contribution in [2.45, 2.75) is 13.8 Å². The van der Waals surface area contributed by atoms with Crippen molar-refractivity contribution in [1.29, 1.82) is 0 Å². The van der Waals surface area contributed by atoms with E-state index in [0.29, 0.717) is 4.88 Å². The van der Waals surface area contributed by atoms with Crippen molar-refractivity contribution in [3.8, 4) is 11.1 Å². The minimum atomic E-state index is -0.107. The Labute approximate surface area is 171 Å². The maximum atomic E-state index is 12.5. The molecule has 3 aromatic rings. The van der Waals surface area contributed by atoms with Crippen LogP contribution in [0, 0.1) is 0 Å². The first-order chi connectivity index (χ1) is 12.7. The molecule has 1 amide bonds. The van der Waals surface area contributed by atoms with E-state index in [2.05, 4.69) is 26.0 Å². The number of thiophene rings is 1. The Hall–Kier alpha value is -1.76. The average molecular weight is 449 g/mol. The van der Waals surface area contributed by atoms with Gasteiger partial charge in [-0.15, -0.1) is 11.3 Å². The Kier molecular flexibility index (Phi) is 8.22. The predicted molar refractivity (Wildman–Crippen MR) is 120 cm³/mol. The monoisotopic (exact) mass is 448 g/mol. The number of carbonyl (C=O) groups excluding carboxylic acids is 1. The SMILES string of the molecule is CC.CSNc1cccc(NC(=O)c2cc(-c3ccccc3)c(Br)s2)c1. The molecule has 2 aromatic carbocycles. The molecule has 1 aromatic heterocycles. The molecular formula is C20H21BrN2OS2. The van der Waals surface area contributed by atoms with Crippen LogP contribution in [0.4, 0.5) is 11.4 Å². The molecule has 0 saturated heterocycles. The zero-order valence-corrected chi connectivity index (χ0v) is 18.1. The lowest BCUT2D eigenvalue weighted by molar-refractivity contribution is 0.103. The number of anilines is 2. The molecule has 0 atom stereocenters. The van der Waals surface area contributed by atoms with E-state index in [1.807, 2.05) is 80.8 Å². The fourth-order valence-electron chi connectivity index (χ4n) is 2.27. The standard InChI is InChI=1S/C18H15BrN2OS2.C2H6/c1-23-21-14-9-5-8-13(10-14)20-18(22)16-11-15(17(19)24-16)12-6-3-2-4-7-12;1-2/h2-11,21H,1H3,(H,20,22);1-2H3. The first-order valence-corrected chi connectivity index (χ1v) is 11.1. The zero-order chi connectivity index (χ0) is 18.9. The van der Waals surface area contributed by atoms with E-state index in [1.54, 1.807) is 0 Å². The molecule has 0 aliphatic rings. The largest absolute Gasteiger partial charge is 0.330 e. The van der Waals surface area contributed by atoms with Gasteiger partial charge >= 0.3 is 0 Å². The van der Waals surface area contributed by atoms with E-state index in [0.717, 1.165) is 26.3 Å². The maximum Gasteiger partial charge on any atom is 0.265 e. The van der Waals surface area contributed by atoms with Crippen LogP contribution in [0.3, 0.4) is 0 Å². The van der Waals surface area contributed by atoms with Gasteiger partial charge in [0.15, 0.2) is 0 Å². The number of rotatable bonds is 5. The van der Waals surface area contributed by atoms with E-state index in [-0.39, 0.29) is 5.91 Å². The smallest absolute Gasteiger partial charge is 0.265 e. The van der Waals surface area contributed by atoms with Gasteiger partial charge in [-0.2, -0.15) is 0 Å². The van der Waals surface area contributed by atoms with Crippen molar-refractivity contribution in [3.05, 3.63) is 69.3 Å². The predicted octanol–water partition coefficient (Wildman–Crippen LogP) is 7.15. The van der Waals surface area contributed by atoms with Crippen LogP contribution >= 0.6 is 39.2 Å². The van der Waals surface area contributed by atoms with Crippen molar-refractivity contribution in [1.82, 2.24) is 0 Å². The van der Waals surface area contributed by atoms with Crippen LogP contribution < -0.4 is 10.0 Å². The molecule has 0 unspecified atom stereocenters. The maximum absolute atomic E-state index is 12.5. The molecule has 0 bridgehead atoms. The summed E-state index contributed by atoms with van der Waals surface area (Å²) in [6.45, 7) is 4.00. The minimum Gasteiger partial charge on any atom is -0.330 e. The lowest BCUT2D eigenvalue weighted by Gasteiger charge is -2.06. The minimum absolute atomic E-state index is 0.107. The highest BCUT2D eigenvalue weighted by Gasteiger charge is 2.14. The molecular weight excluding hydrogens is 428 g/mol. The Morgan fingerprint density at radius 1 is 1.00 bits per heavy atom. The number of hydrogen-bond acceptors (Lipinski definition) is 4. The van der Waals surface area contributed by atoms with Gasteiger partial charge in [-0.05, 0) is 45.8 Å². The fourth-order valence-corrected chi connectivity index (χ4v) is 4.30. The fraction of sp³-hybridized carbons (Fsp3) is 0.150. The molecule has 1 heterocycles. The van der Waals surface area contributed by atoms with Gasteiger partial charge in [-0.1, -0.05) is 62.2 Å².